The van der Waals surface area contributed by atoms with Gasteiger partial charge in [0.05, 0.1) is 57.3 Å². The van der Waals surface area contributed by atoms with Crippen LogP contribution in [0.15, 0.2) is 56.1 Å². The molecule has 0 amide bonds. The van der Waals surface area contributed by atoms with Gasteiger partial charge in [0.25, 0.3) is 0 Å². The summed E-state index contributed by atoms with van der Waals surface area (Å²) in [4.78, 5) is 11.0. The zero-order chi connectivity index (χ0) is 46.5. The molecular formula is C43H84LiN3O10Si2Zn. The summed E-state index contributed by atoms with van der Waals surface area (Å²) in [6.07, 6.45) is -0.980. The number of carbonyl (C=O) groups excluding carboxylic acids is 1. The molecule has 342 valence electrons. The van der Waals surface area contributed by atoms with Crippen molar-refractivity contribution in [2.24, 2.45) is 0 Å². The van der Waals surface area contributed by atoms with Crippen LogP contribution >= 0.6 is 0 Å². The van der Waals surface area contributed by atoms with Crippen LogP contribution in [0.4, 0.5) is 0 Å². The minimum Gasteiger partial charge on any atom is -0.847 e. The molecule has 1 saturated heterocycles. The molecule has 1 aromatic carbocycles. The fourth-order valence-corrected chi connectivity index (χ4v) is 6.94. The Morgan fingerprint density at radius 3 is 1.68 bits per heavy atom. The number of hydrogen-bond donors (Lipinski definition) is 5. The number of aliphatic hydroxyl groups excluding tert-OH is 3. The molecule has 60 heavy (non-hydrogen) atoms. The van der Waals surface area contributed by atoms with E-state index in [0.29, 0.717) is 6.61 Å². The van der Waals surface area contributed by atoms with E-state index in [4.69, 9.17) is 23.6 Å². The summed E-state index contributed by atoms with van der Waals surface area (Å²) in [5, 5.41) is 62.0. The molecule has 1 aliphatic heterocycles. The van der Waals surface area contributed by atoms with Gasteiger partial charge in [0.2, 0.25) is 0 Å². The van der Waals surface area contributed by atoms with E-state index in [0.717, 1.165) is 48.3 Å². The number of carbonyl (C=O) groups is 1. The molecule has 6 atom stereocenters. The van der Waals surface area contributed by atoms with Crippen LogP contribution in [0.2, 0.25) is 36.3 Å². The molecule has 1 heterocycles. The second-order valence-corrected chi connectivity index (χ2v) is 26.4. The standard InChI is InChI=1S/C14H31NO4Si.C13H18NO2.C10H25NO3Si.C2H4O.2C2H3.Li.Zn/c1-8-11(16)9-13(12(17)10-15(5)18)19-20(6,7)14(2,3)4;1-11(14-7-9-16-10-8-14)13(15)12-5-3-2-4-6-12;1-10(2,3)15(5,6)14-8-9(12)7-11(4)13;1-2-3;2*1-2;;/h8,11-13,16-18H,1,9-10H2,2-7H3;2-6,11,13H,7-10H2,1H3;9,12-13H,7-8H2,1-6H3;2H,1H3;2*1H,2H2;;/q;-1;;;2*-1;+1;+2/t11-,12?,13+;11?,13-;;;;;;/m11....../s1. The number of morpholine rings is 1. The van der Waals surface area contributed by atoms with Crippen molar-refractivity contribution in [3.05, 3.63) is 74.9 Å². The van der Waals surface area contributed by atoms with E-state index >= 15 is 0 Å². The van der Waals surface area contributed by atoms with Gasteiger partial charge in [-0.3, -0.25) is 18.1 Å². The Kier molecular flexibility index (Phi) is 44.5. The topological polar surface area (TPSA) is 179 Å². The molecule has 0 aromatic heterocycles. The summed E-state index contributed by atoms with van der Waals surface area (Å²) in [6.45, 7) is 46.1. The number of benzene rings is 1. The Labute approximate surface area is 393 Å². The number of aldehydes is 1. The quantitative estimate of drug-likeness (QED) is 0.0539. The molecule has 1 fully saturated rings. The van der Waals surface area contributed by atoms with Crippen LogP contribution in [0.3, 0.4) is 0 Å². The summed E-state index contributed by atoms with van der Waals surface area (Å²) in [6, 6.07) is 9.64. The summed E-state index contributed by atoms with van der Waals surface area (Å²) in [5.74, 6) is 0. The van der Waals surface area contributed by atoms with Gasteiger partial charge < -0.3 is 62.4 Å². The molecule has 2 rings (SSSR count). The SMILES string of the molecule is C=C[C@@H](O)C[C@H](O[Si](C)(C)C(C)(C)C)C(O)CN(C)O.CC([C@@H]([O-])c1ccccc1)N1CCOCC1.CC=O.CN(O)CC(O)CO[Si](C)(C)C(C)(C)C.[CH-]=C.[CH-]=C.[Li+].[Zn+2]. The van der Waals surface area contributed by atoms with Crippen LogP contribution in [0.1, 0.15) is 73.5 Å². The van der Waals surface area contributed by atoms with E-state index in [1.54, 1.807) is 0 Å². The van der Waals surface area contributed by atoms with Crippen LogP contribution in [0.5, 0.6) is 0 Å². The Bertz CT molecular complexity index is 1160. The number of aliphatic hydroxyl groups is 3. The zero-order valence-corrected chi connectivity index (χ0v) is 45.2. The third-order valence-electron chi connectivity index (χ3n) is 9.98. The summed E-state index contributed by atoms with van der Waals surface area (Å²) < 4.78 is 17.3. The van der Waals surface area contributed by atoms with Crippen molar-refractivity contribution < 1.29 is 87.6 Å². The second kappa shape index (κ2) is 37.6. The fourth-order valence-electron chi connectivity index (χ4n) is 4.54. The Balaban J connectivity index is -0.000000168. The van der Waals surface area contributed by atoms with Crippen LogP contribution in [-0.2, 0) is 37.9 Å². The molecule has 1 aliphatic rings. The molecule has 0 radical (unpaired) electrons. The van der Waals surface area contributed by atoms with Crippen LogP contribution < -0.4 is 24.0 Å². The first kappa shape index (κ1) is 70.9. The molecule has 17 heteroatoms. The van der Waals surface area contributed by atoms with Gasteiger partial charge in [-0.15, -0.1) is 6.58 Å². The smallest absolute Gasteiger partial charge is 0.847 e. The van der Waals surface area contributed by atoms with Crippen molar-refractivity contribution in [3.8, 4) is 0 Å². The molecule has 0 spiro atoms. The van der Waals surface area contributed by atoms with Gasteiger partial charge in [0, 0.05) is 33.6 Å². The average molecular weight is 932 g/mol. The van der Waals surface area contributed by atoms with Gasteiger partial charge in [-0.25, -0.2) is 0 Å². The normalized spacial score (nSPS) is 16.0. The van der Waals surface area contributed by atoms with E-state index < -0.39 is 47.2 Å². The van der Waals surface area contributed by atoms with Gasteiger partial charge in [0.15, 0.2) is 16.6 Å². The third kappa shape index (κ3) is 32.9. The maximum absolute atomic E-state index is 12.2. The van der Waals surface area contributed by atoms with Crippen molar-refractivity contribution in [2.45, 2.75) is 135 Å². The number of hydroxylamine groups is 4. The molecular weight excluding hydrogens is 847 g/mol. The predicted octanol–water partition coefficient (Wildman–Crippen LogP) is 2.91. The number of likely N-dealkylation sites (N-methyl/N-ethyl adjacent to an activating group) is 2. The number of hydrogen-bond acceptors (Lipinski definition) is 13. The van der Waals surface area contributed by atoms with Crippen LogP contribution in [0.25, 0.3) is 0 Å². The van der Waals surface area contributed by atoms with E-state index in [1.165, 1.54) is 27.1 Å². The maximum Gasteiger partial charge on any atom is 2.00 e. The van der Waals surface area contributed by atoms with Gasteiger partial charge in [-0.2, -0.15) is 10.1 Å². The largest absolute Gasteiger partial charge is 2.00 e. The maximum atomic E-state index is 12.2. The summed E-state index contributed by atoms with van der Waals surface area (Å²) in [7, 11) is -0.868. The molecule has 13 nitrogen and oxygen atoms in total. The minimum atomic E-state index is -2.07. The number of nitrogens with zero attached hydrogens (tertiary/aromatic N) is 3. The summed E-state index contributed by atoms with van der Waals surface area (Å²) in [5.41, 5.74) is 0.876. The average Bonchev–Trinajstić information content (AvgIpc) is 3.14. The second-order valence-electron chi connectivity index (χ2n) is 16.9. The molecule has 0 bridgehead atoms. The fraction of sp³-hybridized carbons (Fsp3) is 0.698. The molecule has 5 N–H and O–H groups in total. The third-order valence-corrected chi connectivity index (χ3v) is 19.0. The Morgan fingerprint density at radius 2 is 1.32 bits per heavy atom. The van der Waals surface area contributed by atoms with Crippen molar-refractivity contribution in [2.75, 3.05) is 60.1 Å². The van der Waals surface area contributed by atoms with E-state index in [1.807, 2.05) is 37.3 Å². The molecule has 1 aromatic rings. The van der Waals surface area contributed by atoms with Crippen molar-refractivity contribution >= 4 is 22.9 Å². The Morgan fingerprint density at radius 1 is 0.900 bits per heavy atom. The van der Waals surface area contributed by atoms with Crippen molar-refractivity contribution in [3.63, 3.8) is 0 Å². The first-order chi connectivity index (χ1) is 26.7. The molecule has 3 unspecified atom stereocenters. The van der Waals surface area contributed by atoms with E-state index in [-0.39, 0.29) is 74.0 Å². The van der Waals surface area contributed by atoms with Gasteiger partial charge in [-0.05, 0) is 49.2 Å². The van der Waals surface area contributed by atoms with Gasteiger partial charge >= 0.3 is 38.3 Å². The van der Waals surface area contributed by atoms with Crippen molar-refractivity contribution in [1.29, 1.82) is 0 Å². The minimum absolute atomic E-state index is 0. The molecule has 0 aliphatic carbocycles. The van der Waals surface area contributed by atoms with E-state index in [9.17, 15) is 25.6 Å². The van der Waals surface area contributed by atoms with Gasteiger partial charge in [-0.1, -0.05) is 96.5 Å². The Hall–Kier alpha value is -0.715. The number of ether oxygens (including phenoxy) is 1. The van der Waals surface area contributed by atoms with E-state index in [2.05, 4.69) is 106 Å². The monoisotopic (exact) mass is 930 g/mol. The van der Waals surface area contributed by atoms with Crippen LogP contribution in [0, 0.1) is 13.2 Å². The number of rotatable bonds is 16. The summed E-state index contributed by atoms with van der Waals surface area (Å²) >= 11 is 0. The zero-order valence-electron chi connectivity index (χ0n) is 40.3. The van der Waals surface area contributed by atoms with Crippen LogP contribution in [-0.4, -0.2) is 154 Å². The predicted molar refractivity (Wildman–Crippen MR) is 240 cm³/mol. The molecule has 0 saturated carbocycles. The van der Waals surface area contributed by atoms with Crippen molar-refractivity contribution in [1.82, 2.24) is 15.0 Å². The first-order valence-corrected chi connectivity index (χ1v) is 25.5. The first-order valence-electron chi connectivity index (χ1n) is 19.7. The van der Waals surface area contributed by atoms with Gasteiger partial charge in [0.1, 0.15) is 6.29 Å².